The molecule has 444 valence electrons. The van der Waals surface area contributed by atoms with Crippen molar-refractivity contribution in [3.63, 3.8) is 0 Å². The number of hydrogen-bond donors (Lipinski definition) is 0. The van der Waals surface area contributed by atoms with Gasteiger partial charge in [0, 0.05) is 19.6 Å². The predicted octanol–water partition coefficient (Wildman–Crippen LogP) is 25.3. The van der Waals surface area contributed by atoms with E-state index in [1.807, 2.05) is 0 Å². The molecule has 0 spiro atoms. The fourth-order valence-corrected chi connectivity index (χ4v) is 12.2. The van der Waals surface area contributed by atoms with Crippen molar-refractivity contribution in [3.05, 3.63) is 34.9 Å². The van der Waals surface area contributed by atoms with Crippen LogP contribution in [-0.4, -0.2) is 49.1 Å². The molecule has 1 fully saturated rings. The van der Waals surface area contributed by atoms with Gasteiger partial charge in [0.1, 0.15) is 0 Å². The van der Waals surface area contributed by atoms with Gasteiger partial charge < -0.3 is 9.80 Å². The molecule has 0 aromatic heterocycles. The fourth-order valence-electron chi connectivity index (χ4n) is 12.2. The molecule has 0 N–H and O–H groups in total. The third-order valence-electron chi connectivity index (χ3n) is 17.6. The van der Waals surface area contributed by atoms with Crippen LogP contribution in [0.4, 0.5) is 0 Å². The van der Waals surface area contributed by atoms with Gasteiger partial charge in [-0.2, -0.15) is 0 Å². The number of hydrogen-bond acceptors (Lipinski definition) is 2. The van der Waals surface area contributed by atoms with Crippen LogP contribution >= 0.6 is 0 Å². The summed E-state index contributed by atoms with van der Waals surface area (Å²) in [6, 6.07) is 0. The molecule has 0 aliphatic carbocycles. The van der Waals surface area contributed by atoms with E-state index >= 15 is 0 Å². The van der Waals surface area contributed by atoms with Gasteiger partial charge >= 0.3 is 0 Å². The van der Waals surface area contributed by atoms with Crippen molar-refractivity contribution in [2.24, 2.45) is 0 Å². The Morgan fingerprint density at radius 2 is 0.653 bits per heavy atom. The average molecular weight is 1050 g/mol. The molecular formula is C73H142N2. The Bertz CT molecular complexity index is 1170. The van der Waals surface area contributed by atoms with E-state index in [0.717, 1.165) is 0 Å². The van der Waals surface area contributed by atoms with Gasteiger partial charge in [-0.3, -0.25) is 0 Å². The predicted molar refractivity (Wildman–Crippen MR) is 344 cm³/mol. The minimum Gasteiger partial charge on any atom is -0.303 e. The van der Waals surface area contributed by atoms with Crippen molar-refractivity contribution in [1.29, 1.82) is 0 Å². The Balaban J connectivity index is 2.75. The first-order valence-electron chi connectivity index (χ1n) is 35.6. The first-order chi connectivity index (χ1) is 37.2. The molecular weight excluding hydrogens is 905 g/mol. The maximum absolute atomic E-state index is 2.93. The summed E-state index contributed by atoms with van der Waals surface area (Å²) in [6.45, 7) is 19.5. The van der Waals surface area contributed by atoms with Gasteiger partial charge in [0.05, 0.1) is 0 Å². The van der Waals surface area contributed by atoms with Gasteiger partial charge in [-0.1, -0.05) is 320 Å². The normalized spacial score (nSPS) is 14.6. The van der Waals surface area contributed by atoms with E-state index < -0.39 is 0 Å². The maximum Gasteiger partial charge on any atom is 0.00187 e. The number of unbranched alkanes of at least 4 members (excludes halogenated alkanes) is 42. The van der Waals surface area contributed by atoms with E-state index in [1.54, 1.807) is 16.7 Å². The van der Waals surface area contributed by atoms with Crippen LogP contribution in [0.25, 0.3) is 0 Å². The van der Waals surface area contributed by atoms with E-state index in [0.29, 0.717) is 0 Å². The molecule has 0 bridgehead atoms. The Hall–Kier alpha value is -0.860. The maximum atomic E-state index is 2.93. The Labute approximate surface area is 475 Å². The van der Waals surface area contributed by atoms with E-state index in [9.17, 15) is 0 Å². The lowest BCUT2D eigenvalue weighted by Crippen LogP contribution is -2.28. The molecule has 0 amide bonds. The monoisotopic (exact) mass is 1050 g/mol. The van der Waals surface area contributed by atoms with Crippen LogP contribution < -0.4 is 0 Å². The van der Waals surface area contributed by atoms with Crippen LogP contribution in [0, 0.1) is 0 Å². The van der Waals surface area contributed by atoms with Crippen molar-refractivity contribution in [3.8, 4) is 0 Å². The number of rotatable bonds is 60. The fraction of sp³-hybridized carbons (Fsp3) is 0.918. The molecule has 0 unspecified atom stereocenters. The van der Waals surface area contributed by atoms with Gasteiger partial charge in [0.25, 0.3) is 0 Å². The highest BCUT2D eigenvalue weighted by molar-refractivity contribution is 5.06. The molecule has 0 atom stereocenters. The standard InChI is InChI=1S/C73H142N2/c1-6-11-16-21-26-30-33-38-43-49-59-72(63-69-74(65-52-44-39-34-31-27-22-17-12-7-2)66-53-45-40-35-32-28-23-18-13-8-3)61-54-67-75-68-55-62-73(64-70-75)60-51-46-50-58-71(56-47-41-36-25-20-15-10-5)57-48-42-37-29-24-19-14-9-4/h57,60-61H,6-56,58-59,62-70H2,1-5H3/b71-57+,72-61+,73-60-. The topological polar surface area (TPSA) is 6.48 Å². The number of likely N-dealkylation sites (tertiary alicyclic amines) is 1. The minimum atomic E-state index is 1.26. The van der Waals surface area contributed by atoms with Gasteiger partial charge in [-0.15, -0.1) is 0 Å². The second-order valence-corrected chi connectivity index (χ2v) is 25.0. The average Bonchev–Trinajstić information content (AvgIpc) is 3.66. The van der Waals surface area contributed by atoms with Crippen molar-refractivity contribution >= 4 is 0 Å². The molecule has 0 aromatic carbocycles. The zero-order valence-electron chi connectivity index (χ0n) is 53.0. The van der Waals surface area contributed by atoms with E-state index in [2.05, 4.69) is 62.6 Å². The highest BCUT2D eigenvalue weighted by Crippen LogP contribution is 2.24. The summed E-state index contributed by atoms with van der Waals surface area (Å²) in [6.07, 6.45) is 87.4. The Kier molecular flexibility index (Phi) is 58.5. The molecule has 0 saturated carbocycles. The molecule has 2 nitrogen and oxygen atoms in total. The first kappa shape index (κ1) is 72.2. The SMILES string of the molecule is CCCCCCCCC/C=C(/CCCC/C=C1/CCCN(CC/C=C(\CCCCCCCCCCCC)CCN(CCCCCCCCCCCC)CCCCCCCCCCCC)CC1)CCCCCCCCC. The van der Waals surface area contributed by atoms with Crippen molar-refractivity contribution in [1.82, 2.24) is 9.80 Å². The Morgan fingerprint density at radius 3 is 1.08 bits per heavy atom. The highest BCUT2D eigenvalue weighted by Gasteiger charge is 2.13. The molecule has 1 heterocycles. The van der Waals surface area contributed by atoms with E-state index in [4.69, 9.17) is 0 Å². The quantitative estimate of drug-likeness (QED) is 0.0442. The van der Waals surface area contributed by atoms with Crippen molar-refractivity contribution in [2.45, 2.75) is 394 Å². The zero-order valence-corrected chi connectivity index (χ0v) is 53.0. The van der Waals surface area contributed by atoms with Crippen LogP contribution in [-0.2, 0) is 0 Å². The molecule has 1 aliphatic rings. The second-order valence-electron chi connectivity index (χ2n) is 25.0. The second kappa shape index (κ2) is 60.8. The van der Waals surface area contributed by atoms with Crippen LogP contribution in [0.2, 0.25) is 0 Å². The lowest BCUT2D eigenvalue weighted by atomic mass is 9.97. The molecule has 1 aliphatic heterocycles. The first-order valence-corrected chi connectivity index (χ1v) is 35.6. The van der Waals surface area contributed by atoms with Gasteiger partial charge in [0.15, 0.2) is 0 Å². The summed E-state index contributed by atoms with van der Waals surface area (Å²) in [5.41, 5.74) is 5.38. The molecule has 2 heteroatoms. The smallest absolute Gasteiger partial charge is 0.00187 e. The summed E-state index contributed by atoms with van der Waals surface area (Å²) in [4.78, 5) is 5.76. The highest BCUT2D eigenvalue weighted by atomic mass is 15.1. The minimum absolute atomic E-state index is 1.26. The summed E-state index contributed by atoms with van der Waals surface area (Å²) in [7, 11) is 0. The van der Waals surface area contributed by atoms with E-state index in [-0.39, 0.29) is 0 Å². The van der Waals surface area contributed by atoms with Crippen molar-refractivity contribution in [2.75, 3.05) is 39.3 Å². The largest absolute Gasteiger partial charge is 0.303 e. The third-order valence-corrected chi connectivity index (χ3v) is 17.6. The van der Waals surface area contributed by atoms with Crippen LogP contribution in [0.5, 0.6) is 0 Å². The van der Waals surface area contributed by atoms with Gasteiger partial charge in [0.2, 0.25) is 0 Å². The Morgan fingerprint density at radius 1 is 0.320 bits per heavy atom. The lowest BCUT2D eigenvalue weighted by molar-refractivity contribution is 0.261. The summed E-state index contributed by atoms with van der Waals surface area (Å²) in [5.74, 6) is 0. The van der Waals surface area contributed by atoms with E-state index in [1.165, 1.54) is 399 Å². The number of allylic oxidation sites excluding steroid dienone is 3. The molecule has 1 rings (SSSR count). The molecule has 75 heavy (non-hydrogen) atoms. The summed E-state index contributed by atoms with van der Waals surface area (Å²) in [5, 5.41) is 0. The van der Waals surface area contributed by atoms with Crippen LogP contribution in [0.3, 0.4) is 0 Å². The lowest BCUT2D eigenvalue weighted by Gasteiger charge is -2.24. The number of nitrogens with zero attached hydrogens (tertiary/aromatic N) is 2. The summed E-state index contributed by atoms with van der Waals surface area (Å²) >= 11 is 0. The van der Waals surface area contributed by atoms with Gasteiger partial charge in [-0.05, 0) is 129 Å². The van der Waals surface area contributed by atoms with Gasteiger partial charge in [-0.25, -0.2) is 0 Å². The molecule has 0 radical (unpaired) electrons. The zero-order chi connectivity index (χ0) is 53.8. The van der Waals surface area contributed by atoms with Crippen molar-refractivity contribution < 1.29 is 0 Å². The molecule has 0 aromatic rings. The van der Waals surface area contributed by atoms with Crippen LogP contribution in [0.15, 0.2) is 34.9 Å². The third kappa shape index (κ3) is 52.3. The molecule has 1 saturated heterocycles. The summed E-state index contributed by atoms with van der Waals surface area (Å²) < 4.78 is 0. The van der Waals surface area contributed by atoms with Crippen LogP contribution in [0.1, 0.15) is 394 Å².